The summed E-state index contributed by atoms with van der Waals surface area (Å²) in [5.74, 6) is -0.387. The SMILES string of the molecule is CC(Oc1ccccc1-c1nc2ccccc2c(=O)[nH]1)C(=O)O. The van der Waals surface area contributed by atoms with E-state index in [4.69, 9.17) is 9.84 Å². The fourth-order valence-corrected chi connectivity index (χ4v) is 2.22. The van der Waals surface area contributed by atoms with Crippen LogP contribution in [0.2, 0.25) is 0 Å². The van der Waals surface area contributed by atoms with E-state index < -0.39 is 12.1 Å². The molecular weight excluding hydrogens is 296 g/mol. The molecular formula is C17H14N2O4. The van der Waals surface area contributed by atoms with Crippen LogP contribution >= 0.6 is 0 Å². The molecule has 1 unspecified atom stereocenters. The number of hydrogen-bond acceptors (Lipinski definition) is 4. The van der Waals surface area contributed by atoms with E-state index in [-0.39, 0.29) is 5.56 Å². The van der Waals surface area contributed by atoms with Crippen LogP contribution in [-0.2, 0) is 4.79 Å². The number of carboxylic acid groups (broad SMARTS) is 1. The van der Waals surface area contributed by atoms with Gasteiger partial charge in [0.25, 0.3) is 5.56 Å². The van der Waals surface area contributed by atoms with Gasteiger partial charge in [-0.3, -0.25) is 4.79 Å². The largest absolute Gasteiger partial charge is 0.479 e. The van der Waals surface area contributed by atoms with Crippen LogP contribution in [0.4, 0.5) is 0 Å². The first kappa shape index (κ1) is 14.8. The second kappa shape index (κ2) is 5.92. The predicted molar refractivity (Wildman–Crippen MR) is 85.5 cm³/mol. The van der Waals surface area contributed by atoms with Crippen molar-refractivity contribution in [3.05, 3.63) is 58.9 Å². The number of fused-ring (bicyclic) bond motifs is 1. The Morgan fingerprint density at radius 3 is 2.65 bits per heavy atom. The number of para-hydroxylation sites is 2. The molecule has 6 heteroatoms. The van der Waals surface area contributed by atoms with E-state index in [0.717, 1.165) is 0 Å². The monoisotopic (exact) mass is 310 g/mol. The second-order valence-corrected chi connectivity index (χ2v) is 5.03. The number of aromatic amines is 1. The molecule has 6 nitrogen and oxygen atoms in total. The van der Waals surface area contributed by atoms with Crippen LogP contribution in [0.25, 0.3) is 22.3 Å². The standard InChI is InChI=1S/C17H14N2O4/c1-10(17(21)22)23-14-9-5-3-7-12(14)15-18-13-8-4-2-6-11(13)16(20)19-15/h2-10H,1H3,(H,21,22)(H,18,19,20). The predicted octanol–water partition coefficient (Wildman–Crippen LogP) is 2.44. The Bertz CT molecular complexity index is 933. The van der Waals surface area contributed by atoms with Gasteiger partial charge in [-0.1, -0.05) is 24.3 Å². The maximum atomic E-state index is 12.2. The quantitative estimate of drug-likeness (QED) is 0.772. The summed E-state index contributed by atoms with van der Waals surface area (Å²) in [5.41, 5.74) is 0.836. The molecule has 0 aliphatic carbocycles. The van der Waals surface area contributed by atoms with Crippen LogP contribution in [0.5, 0.6) is 5.75 Å². The summed E-state index contributed by atoms with van der Waals surface area (Å²) in [7, 11) is 0. The molecule has 0 bridgehead atoms. The molecule has 0 amide bonds. The first-order chi connectivity index (χ1) is 11.1. The zero-order chi connectivity index (χ0) is 16.4. The van der Waals surface area contributed by atoms with E-state index in [1.807, 2.05) is 0 Å². The summed E-state index contributed by atoms with van der Waals surface area (Å²) in [5, 5.41) is 9.49. The Kier molecular flexibility index (Phi) is 3.80. The highest BCUT2D eigenvalue weighted by molar-refractivity contribution is 5.80. The van der Waals surface area contributed by atoms with E-state index >= 15 is 0 Å². The topological polar surface area (TPSA) is 92.3 Å². The van der Waals surface area contributed by atoms with Crippen molar-refractivity contribution in [2.45, 2.75) is 13.0 Å². The number of benzene rings is 2. The second-order valence-electron chi connectivity index (χ2n) is 5.03. The van der Waals surface area contributed by atoms with Gasteiger partial charge in [0.05, 0.1) is 16.5 Å². The molecule has 3 aromatic rings. The van der Waals surface area contributed by atoms with Gasteiger partial charge in [0.2, 0.25) is 0 Å². The Hall–Kier alpha value is -3.15. The average Bonchev–Trinajstić information content (AvgIpc) is 2.55. The molecule has 0 aliphatic rings. The molecule has 1 aromatic heterocycles. The van der Waals surface area contributed by atoms with Crippen molar-refractivity contribution >= 4 is 16.9 Å². The molecule has 0 saturated heterocycles. The minimum Gasteiger partial charge on any atom is -0.479 e. The van der Waals surface area contributed by atoms with Crippen molar-refractivity contribution < 1.29 is 14.6 Å². The third-order valence-corrected chi connectivity index (χ3v) is 3.41. The Balaban J connectivity index is 2.12. The average molecular weight is 310 g/mol. The number of hydrogen-bond donors (Lipinski definition) is 2. The van der Waals surface area contributed by atoms with Crippen LogP contribution in [-0.4, -0.2) is 27.1 Å². The molecule has 3 rings (SSSR count). The van der Waals surface area contributed by atoms with Gasteiger partial charge in [0.1, 0.15) is 11.6 Å². The number of carboxylic acids is 1. The van der Waals surface area contributed by atoms with Crippen molar-refractivity contribution in [2.75, 3.05) is 0 Å². The molecule has 0 fully saturated rings. The van der Waals surface area contributed by atoms with Crippen molar-refractivity contribution in [3.63, 3.8) is 0 Å². The van der Waals surface area contributed by atoms with Crippen LogP contribution in [0.1, 0.15) is 6.92 Å². The number of rotatable bonds is 4. The van der Waals surface area contributed by atoms with Gasteiger partial charge >= 0.3 is 5.97 Å². The maximum absolute atomic E-state index is 12.2. The lowest BCUT2D eigenvalue weighted by atomic mass is 10.1. The van der Waals surface area contributed by atoms with E-state index in [0.29, 0.717) is 28.0 Å². The normalized spacial score (nSPS) is 12.0. The lowest BCUT2D eigenvalue weighted by Gasteiger charge is -2.14. The molecule has 116 valence electrons. The van der Waals surface area contributed by atoms with E-state index in [2.05, 4.69) is 9.97 Å². The van der Waals surface area contributed by atoms with Crippen LogP contribution in [0, 0.1) is 0 Å². The van der Waals surface area contributed by atoms with Crippen LogP contribution in [0.15, 0.2) is 53.3 Å². The lowest BCUT2D eigenvalue weighted by molar-refractivity contribution is -0.144. The highest BCUT2D eigenvalue weighted by Crippen LogP contribution is 2.28. The van der Waals surface area contributed by atoms with Gasteiger partial charge in [-0.15, -0.1) is 0 Å². The first-order valence-electron chi connectivity index (χ1n) is 7.04. The number of aromatic nitrogens is 2. The summed E-state index contributed by atoms with van der Waals surface area (Å²) in [4.78, 5) is 30.3. The molecule has 0 saturated carbocycles. The molecule has 1 heterocycles. The highest BCUT2D eigenvalue weighted by atomic mass is 16.5. The minimum absolute atomic E-state index is 0.258. The van der Waals surface area contributed by atoms with Crippen molar-refractivity contribution in [1.29, 1.82) is 0 Å². The number of nitrogens with one attached hydrogen (secondary N) is 1. The van der Waals surface area contributed by atoms with Gasteiger partial charge in [-0.05, 0) is 31.2 Å². The van der Waals surface area contributed by atoms with Gasteiger partial charge < -0.3 is 14.8 Å². The fraction of sp³-hybridized carbons (Fsp3) is 0.118. The van der Waals surface area contributed by atoms with Gasteiger partial charge in [-0.25, -0.2) is 9.78 Å². The molecule has 0 spiro atoms. The number of carbonyl (C=O) groups is 1. The number of H-pyrrole nitrogens is 1. The highest BCUT2D eigenvalue weighted by Gasteiger charge is 2.16. The molecule has 0 radical (unpaired) electrons. The third kappa shape index (κ3) is 2.91. The molecule has 0 aliphatic heterocycles. The third-order valence-electron chi connectivity index (χ3n) is 3.41. The lowest BCUT2D eigenvalue weighted by Crippen LogP contribution is -2.23. The molecule has 2 aromatic carbocycles. The van der Waals surface area contributed by atoms with Crippen molar-refractivity contribution in [3.8, 4) is 17.1 Å². The number of ether oxygens (including phenoxy) is 1. The van der Waals surface area contributed by atoms with Crippen LogP contribution < -0.4 is 10.3 Å². The smallest absolute Gasteiger partial charge is 0.344 e. The Labute approximate surface area is 131 Å². The first-order valence-corrected chi connectivity index (χ1v) is 7.04. The van der Waals surface area contributed by atoms with Crippen LogP contribution in [0.3, 0.4) is 0 Å². The van der Waals surface area contributed by atoms with Gasteiger partial charge in [0.15, 0.2) is 6.10 Å². The van der Waals surface area contributed by atoms with E-state index in [1.54, 1.807) is 48.5 Å². The van der Waals surface area contributed by atoms with Gasteiger partial charge in [0, 0.05) is 0 Å². The summed E-state index contributed by atoms with van der Waals surface area (Å²) in [6, 6.07) is 13.9. The van der Waals surface area contributed by atoms with Gasteiger partial charge in [-0.2, -0.15) is 0 Å². The summed E-state index contributed by atoms with van der Waals surface area (Å²) < 4.78 is 5.45. The van der Waals surface area contributed by atoms with Crippen molar-refractivity contribution in [1.82, 2.24) is 9.97 Å². The molecule has 2 N–H and O–H groups in total. The van der Waals surface area contributed by atoms with Crippen molar-refractivity contribution in [2.24, 2.45) is 0 Å². The maximum Gasteiger partial charge on any atom is 0.344 e. The number of aliphatic carboxylic acids is 1. The fourth-order valence-electron chi connectivity index (χ4n) is 2.22. The Morgan fingerprint density at radius 1 is 1.17 bits per heavy atom. The summed E-state index contributed by atoms with van der Waals surface area (Å²) in [6.07, 6.45) is -1.01. The minimum atomic E-state index is -1.07. The Morgan fingerprint density at radius 2 is 1.87 bits per heavy atom. The molecule has 23 heavy (non-hydrogen) atoms. The number of nitrogens with zero attached hydrogens (tertiary/aromatic N) is 1. The molecule has 1 atom stereocenters. The zero-order valence-corrected chi connectivity index (χ0v) is 12.3. The summed E-state index contributed by atoms with van der Waals surface area (Å²) in [6.45, 7) is 1.44. The van der Waals surface area contributed by atoms with E-state index in [1.165, 1.54) is 6.92 Å². The van der Waals surface area contributed by atoms with E-state index in [9.17, 15) is 9.59 Å². The summed E-state index contributed by atoms with van der Waals surface area (Å²) >= 11 is 0. The zero-order valence-electron chi connectivity index (χ0n) is 12.3.